The number of carbonyl (C=O) groups excluding carboxylic acids is 1. The van der Waals surface area contributed by atoms with Crippen molar-refractivity contribution in [3.05, 3.63) is 59.4 Å². The van der Waals surface area contributed by atoms with Crippen molar-refractivity contribution in [3.63, 3.8) is 0 Å². The van der Waals surface area contributed by atoms with E-state index in [0.717, 1.165) is 42.0 Å². The predicted octanol–water partition coefficient (Wildman–Crippen LogP) is 4.25. The van der Waals surface area contributed by atoms with Crippen LogP contribution in [-0.4, -0.2) is 37.1 Å². The molecule has 1 fully saturated rings. The van der Waals surface area contributed by atoms with Crippen molar-refractivity contribution < 1.29 is 18.7 Å². The minimum atomic E-state index is -0.271. The van der Waals surface area contributed by atoms with Crippen molar-refractivity contribution in [2.24, 2.45) is 5.92 Å². The molecule has 0 aliphatic carbocycles. The van der Waals surface area contributed by atoms with Gasteiger partial charge in [0, 0.05) is 6.04 Å². The second kappa shape index (κ2) is 9.04. The number of fused-ring (bicyclic) bond motifs is 1. The lowest BCUT2D eigenvalue weighted by molar-refractivity contribution is -0.123. The number of likely N-dealkylation sites (tertiary alicyclic amines) is 1. The highest BCUT2D eigenvalue weighted by molar-refractivity contribution is 5.78. The molecule has 0 radical (unpaired) electrons. The minimum absolute atomic E-state index is 0.0116. The van der Waals surface area contributed by atoms with Crippen LogP contribution in [0.15, 0.2) is 42.5 Å². The summed E-state index contributed by atoms with van der Waals surface area (Å²) in [6.07, 6.45) is 2.07. The predicted molar refractivity (Wildman–Crippen MR) is 113 cm³/mol. The summed E-state index contributed by atoms with van der Waals surface area (Å²) in [6.45, 7) is 6.48. The maximum absolute atomic E-state index is 13.3. The summed E-state index contributed by atoms with van der Waals surface area (Å²) in [7, 11) is 0. The maximum Gasteiger partial charge on any atom is 0.234 e. The summed E-state index contributed by atoms with van der Waals surface area (Å²) in [6, 6.07) is 12.5. The molecule has 2 aromatic rings. The van der Waals surface area contributed by atoms with E-state index in [1.807, 2.05) is 12.1 Å². The molecule has 2 aromatic carbocycles. The van der Waals surface area contributed by atoms with Gasteiger partial charge in [-0.3, -0.25) is 9.69 Å². The molecule has 4 rings (SSSR count). The quantitative estimate of drug-likeness (QED) is 0.771. The zero-order valence-electron chi connectivity index (χ0n) is 17.6. The van der Waals surface area contributed by atoms with E-state index >= 15 is 0 Å². The molecule has 1 N–H and O–H groups in total. The Morgan fingerprint density at radius 2 is 1.87 bits per heavy atom. The minimum Gasteiger partial charge on any atom is -0.486 e. The number of carbonyl (C=O) groups is 1. The van der Waals surface area contributed by atoms with Crippen LogP contribution in [0.25, 0.3) is 0 Å². The Kier molecular flexibility index (Phi) is 6.23. The lowest BCUT2D eigenvalue weighted by Gasteiger charge is -2.28. The van der Waals surface area contributed by atoms with E-state index in [2.05, 4.69) is 30.1 Å². The van der Waals surface area contributed by atoms with Crippen LogP contribution in [0, 0.1) is 11.7 Å². The molecule has 0 bridgehead atoms. The fourth-order valence-corrected chi connectivity index (χ4v) is 4.37. The summed E-state index contributed by atoms with van der Waals surface area (Å²) in [4.78, 5) is 15.1. The molecule has 2 aliphatic heterocycles. The van der Waals surface area contributed by atoms with Gasteiger partial charge in [-0.2, -0.15) is 0 Å². The summed E-state index contributed by atoms with van der Waals surface area (Å²) < 4.78 is 24.6. The van der Waals surface area contributed by atoms with Crippen LogP contribution in [0.1, 0.15) is 49.9 Å². The molecule has 1 saturated heterocycles. The van der Waals surface area contributed by atoms with Crippen molar-refractivity contribution in [2.75, 3.05) is 26.3 Å². The summed E-state index contributed by atoms with van der Waals surface area (Å²) in [5.74, 6) is 1.48. The number of benzene rings is 2. The Bertz CT molecular complexity index is 885. The number of ether oxygens (including phenoxy) is 2. The van der Waals surface area contributed by atoms with Gasteiger partial charge in [-0.15, -0.1) is 0 Å². The van der Waals surface area contributed by atoms with Gasteiger partial charge in [-0.1, -0.05) is 32.0 Å². The Morgan fingerprint density at radius 1 is 1.13 bits per heavy atom. The van der Waals surface area contributed by atoms with Crippen molar-refractivity contribution in [1.82, 2.24) is 10.2 Å². The summed E-state index contributed by atoms with van der Waals surface area (Å²) in [5.41, 5.74) is 2.08. The lowest BCUT2D eigenvalue weighted by Crippen LogP contribution is -2.40. The van der Waals surface area contributed by atoms with Gasteiger partial charge in [0.2, 0.25) is 5.91 Å². The van der Waals surface area contributed by atoms with Crippen LogP contribution in [0.3, 0.4) is 0 Å². The van der Waals surface area contributed by atoms with Crippen LogP contribution in [0.2, 0.25) is 0 Å². The first-order valence-corrected chi connectivity index (χ1v) is 10.7. The molecule has 160 valence electrons. The molecule has 0 unspecified atom stereocenters. The third-order valence-electron chi connectivity index (χ3n) is 5.87. The number of halogens is 1. The van der Waals surface area contributed by atoms with Crippen LogP contribution >= 0.6 is 0 Å². The van der Waals surface area contributed by atoms with E-state index in [9.17, 15) is 9.18 Å². The highest BCUT2D eigenvalue weighted by Gasteiger charge is 2.29. The lowest BCUT2D eigenvalue weighted by atomic mass is 9.96. The number of rotatable bonds is 6. The molecular formula is C24H29FN2O3. The second-order valence-corrected chi connectivity index (χ2v) is 8.37. The van der Waals surface area contributed by atoms with Gasteiger partial charge >= 0.3 is 0 Å². The Balaban J connectivity index is 1.43. The number of hydrogen-bond acceptors (Lipinski definition) is 4. The van der Waals surface area contributed by atoms with Crippen LogP contribution in [0.5, 0.6) is 11.5 Å². The third-order valence-corrected chi connectivity index (χ3v) is 5.87. The second-order valence-electron chi connectivity index (χ2n) is 8.37. The van der Waals surface area contributed by atoms with Crippen molar-refractivity contribution >= 4 is 5.91 Å². The highest BCUT2D eigenvalue weighted by Crippen LogP contribution is 2.38. The van der Waals surface area contributed by atoms with E-state index in [0.29, 0.717) is 19.8 Å². The average molecular weight is 413 g/mol. The monoisotopic (exact) mass is 412 g/mol. The molecule has 5 nitrogen and oxygen atoms in total. The molecular weight excluding hydrogens is 383 g/mol. The normalized spacial score (nSPS) is 19.7. The van der Waals surface area contributed by atoms with Gasteiger partial charge in [0.25, 0.3) is 0 Å². The standard InChI is InChI=1S/C24H29FN2O3/c1-16(2)24(17-5-8-19(25)9-6-17)26-23(28)15-27-11-3-4-20(27)18-7-10-21-22(14-18)30-13-12-29-21/h5-10,14,16,20,24H,3-4,11-13,15H2,1-2H3,(H,26,28)/t20-,24-/m1/s1. The number of hydrogen-bond donors (Lipinski definition) is 1. The van der Waals surface area contributed by atoms with Crippen molar-refractivity contribution in [3.8, 4) is 11.5 Å². The Hall–Kier alpha value is -2.60. The zero-order valence-corrected chi connectivity index (χ0v) is 17.6. The Labute approximate surface area is 177 Å². The van der Waals surface area contributed by atoms with Gasteiger partial charge in [0.05, 0.1) is 12.6 Å². The van der Waals surface area contributed by atoms with E-state index < -0.39 is 0 Å². The molecule has 2 atom stereocenters. The van der Waals surface area contributed by atoms with Gasteiger partial charge in [-0.05, 0) is 60.7 Å². The Morgan fingerprint density at radius 3 is 2.60 bits per heavy atom. The zero-order chi connectivity index (χ0) is 21.1. The average Bonchev–Trinajstić information content (AvgIpc) is 3.20. The number of nitrogens with zero attached hydrogens (tertiary/aromatic N) is 1. The fraction of sp³-hybridized carbons (Fsp3) is 0.458. The molecule has 2 heterocycles. The highest BCUT2D eigenvalue weighted by atomic mass is 19.1. The summed E-state index contributed by atoms with van der Waals surface area (Å²) in [5, 5.41) is 3.15. The topological polar surface area (TPSA) is 50.8 Å². The van der Waals surface area contributed by atoms with Crippen LogP contribution in [0.4, 0.5) is 4.39 Å². The SMILES string of the molecule is CC(C)[C@@H](NC(=O)CN1CCC[C@@H]1c1ccc2c(c1)OCCO2)c1ccc(F)cc1. The first kappa shape index (κ1) is 20.7. The van der Waals surface area contributed by atoms with E-state index in [-0.39, 0.29) is 29.7 Å². The molecule has 6 heteroatoms. The fourth-order valence-electron chi connectivity index (χ4n) is 4.37. The molecule has 0 aromatic heterocycles. The molecule has 2 aliphatic rings. The first-order chi connectivity index (χ1) is 14.5. The number of nitrogens with one attached hydrogen (secondary N) is 1. The largest absolute Gasteiger partial charge is 0.486 e. The summed E-state index contributed by atoms with van der Waals surface area (Å²) >= 11 is 0. The molecule has 0 saturated carbocycles. The van der Waals surface area contributed by atoms with Crippen LogP contribution < -0.4 is 14.8 Å². The smallest absolute Gasteiger partial charge is 0.234 e. The van der Waals surface area contributed by atoms with Gasteiger partial charge in [0.1, 0.15) is 19.0 Å². The third kappa shape index (κ3) is 4.59. The number of amides is 1. The first-order valence-electron chi connectivity index (χ1n) is 10.7. The van der Waals surface area contributed by atoms with E-state index in [1.165, 1.54) is 12.1 Å². The van der Waals surface area contributed by atoms with Gasteiger partial charge in [-0.25, -0.2) is 4.39 Å². The molecule has 1 amide bonds. The maximum atomic E-state index is 13.3. The van der Waals surface area contributed by atoms with Gasteiger partial charge < -0.3 is 14.8 Å². The van der Waals surface area contributed by atoms with E-state index in [1.54, 1.807) is 12.1 Å². The van der Waals surface area contributed by atoms with Crippen molar-refractivity contribution in [1.29, 1.82) is 0 Å². The molecule has 30 heavy (non-hydrogen) atoms. The van der Waals surface area contributed by atoms with Gasteiger partial charge in [0.15, 0.2) is 11.5 Å². The van der Waals surface area contributed by atoms with Crippen molar-refractivity contribution in [2.45, 2.75) is 38.8 Å². The van der Waals surface area contributed by atoms with Crippen LogP contribution in [-0.2, 0) is 4.79 Å². The van der Waals surface area contributed by atoms with E-state index in [4.69, 9.17) is 9.47 Å². The molecule has 0 spiro atoms.